The van der Waals surface area contributed by atoms with Gasteiger partial charge in [-0.2, -0.15) is 0 Å². The Balaban J connectivity index is 2.97. The molecule has 0 aliphatic rings. The molecule has 0 saturated heterocycles. The molecule has 0 heterocycles. The van der Waals surface area contributed by atoms with Gasteiger partial charge in [0.25, 0.3) is 0 Å². The lowest BCUT2D eigenvalue weighted by molar-refractivity contribution is -0.150. The summed E-state index contributed by atoms with van der Waals surface area (Å²) in [5.41, 5.74) is 0.913. The molecule has 0 bridgehead atoms. The van der Waals surface area contributed by atoms with E-state index in [2.05, 4.69) is 6.92 Å². The van der Waals surface area contributed by atoms with Crippen LogP contribution in [0.3, 0.4) is 0 Å². The van der Waals surface area contributed by atoms with E-state index in [0.29, 0.717) is 13.2 Å². The van der Waals surface area contributed by atoms with Crippen molar-refractivity contribution in [2.24, 2.45) is 0 Å². The van der Waals surface area contributed by atoms with Gasteiger partial charge >= 0.3 is 5.97 Å². The Labute approximate surface area is 121 Å². The van der Waals surface area contributed by atoms with Crippen LogP contribution in [0.15, 0.2) is 30.3 Å². The van der Waals surface area contributed by atoms with Crippen molar-refractivity contribution in [1.29, 1.82) is 0 Å². The van der Waals surface area contributed by atoms with Gasteiger partial charge in [-0.25, -0.2) is 4.79 Å². The van der Waals surface area contributed by atoms with E-state index in [4.69, 9.17) is 4.74 Å². The highest BCUT2D eigenvalue weighted by atomic mass is 16.5. The topological polar surface area (TPSA) is 49.8 Å². The van der Waals surface area contributed by atoms with Crippen LogP contribution in [0.4, 0.5) is 0 Å². The summed E-state index contributed by atoms with van der Waals surface area (Å²) in [6.45, 7) is 5.56. The molecule has 0 saturated carbocycles. The van der Waals surface area contributed by atoms with E-state index < -0.39 is 6.04 Å². The van der Waals surface area contributed by atoms with Crippen LogP contribution < -0.4 is 0 Å². The van der Waals surface area contributed by atoms with E-state index in [1.807, 2.05) is 42.2 Å². The fraction of sp³-hybridized carbons (Fsp3) is 0.562. The first-order valence-electron chi connectivity index (χ1n) is 7.31. The summed E-state index contributed by atoms with van der Waals surface area (Å²) in [5, 5.41) is 9.25. The van der Waals surface area contributed by atoms with Gasteiger partial charge in [0.2, 0.25) is 0 Å². The van der Waals surface area contributed by atoms with Crippen LogP contribution in [0, 0.1) is 0 Å². The maximum atomic E-state index is 12.3. The Kier molecular flexibility index (Phi) is 7.92. The van der Waals surface area contributed by atoms with E-state index in [1.54, 1.807) is 0 Å². The van der Waals surface area contributed by atoms with E-state index in [9.17, 15) is 9.90 Å². The van der Waals surface area contributed by atoms with Crippen LogP contribution >= 0.6 is 0 Å². The van der Waals surface area contributed by atoms with Crippen molar-refractivity contribution in [3.05, 3.63) is 35.9 Å². The quantitative estimate of drug-likeness (QED) is 0.705. The summed E-state index contributed by atoms with van der Waals surface area (Å²) in [5.74, 6) is -0.247. The van der Waals surface area contributed by atoms with E-state index in [0.717, 1.165) is 24.9 Å². The standard InChI is InChI=1S/C16H25NO3/c1-3-5-11-17(12-13-18)15(16(19)20-4-2)14-9-7-6-8-10-14/h6-10,15,18H,3-5,11-13H2,1-2H3. The molecule has 0 fully saturated rings. The van der Waals surface area contributed by atoms with E-state index in [1.165, 1.54) is 0 Å². The molecular formula is C16H25NO3. The van der Waals surface area contributed by atoms with Gasteiger partial charge in [0.15, 0.2) is 0 Å². The number of aliphatic hydroxyl groups excluding tert-OH is 1. The predicted octanol–water partition coefficient (Wildman–Crippen LogP) is 2.39. The third-order valence-electron chi connectivity index (χ3n) is 3.18. The minimum atomic E-state index is -0.435. The Morgan fingerprint density at radius 3 is 2.50 bits per heavy atom. The molecule has 1 aromatic rings. The molecule has 1 rings (SSSR count). The third kappa shape index (κ3) is 4.94. The number of hydrogen-bond acceptors (Lipinski definition) is 4. The highest BCUT2D eigenvalue weighted by molar-refractivity contribution is 5.77. The number of rotatable bonds is 9. The van der Waals surface area contributed by atoms with Gasteiger partial charge in [0, 0.05) is 6.54 Å². The van der Waals surface area contributed by atoms with Crippen LogP contribution in [0.25, 0.3) is 0 Å². The van der Waals surface area contributed by atoms with Gasteiger partial charge in [0.05, 0.1) is 13.2 Å². The van der Waals surface area contributed by atoms with Crippen molar-refractivity contribution in [3.8, 4) is 0 Å². The lowest BCUT2D eigenvalue weighted by Gasteiger charge is -2.29. The van der Waals surface area contributed by atoms with Crippen molar-refractivity contribution in [2.45, 2.75) is 32.7 Å². The van der Waals surface area contributed by atoms with Crippen molar-refractivity contribution in [1.82, 2.24) is 4.90 Å². The zero-order chi connectivity index (χ0) is 14.8. The average Bonchev–Trinajstić information content (AvgIpc) is 2.46. The second kappa shape index (κ2) is 9.50. The fourth-order valence-electron chi connectivity index (χ4n) is 2.21. The summed E-state index contributed by atoms with van der Waals surface area (Å²) in [6.07, 6.45) is 2.04. The Morgan fingerprint density at radius 1 is 1.25 bits per heavy atom. The Morgan fingerprint density at radius 2 is 1.95 bits per heavy atom. The summed E-state index contributed by atoms with van der Waals surface area (Å²) in [7, 11) is 0. The summed E-state index contributed by atoms with van der Waals surface area (Å²) in [6, 6.07) is 9.18. The lowest BCUT2D eigenvalue weighted by atomic mass is 10.0. The highest BCUT2D eigenvalue weighted by Gasteiger charge is 2.28. The number of ether oxygens (including phenoxy) is 1. The number of nitrogens with zero attached hydrogens (tertiary/aromatic N) is 1. The van der Waals surface area contributed by atoms with Gasteiger partial charge in [-0.3, -0.25) is 4.90 Å². The van der Waals surface area contributed by atoms with Crippen molar-refractivity contribution in [2.75, 3.05) is 26.3 Å². The first-order valence-corrected chi connectivity index (χ1v) is 7.31. The SMILES string of the molecule is CCCCN(CCO)C(C(=O)OCC)c1ccccc1. The zero-order valence-electron chi connectivity index (χ0n) is 12.4. The molecule has 1 aromatic carbocycles. The molecule has 20 heavy (non-hydrogen) atoms. The molecule has 0 aliphatic heterocycles. The first-order chi connectivity index (χ1) is 9.74. The molecule has 4 heteroatoms. The number of carbonyl (C=O) groups excluding carboxylic acids is 1. The van der Waals surface area contributed by atoms with Crippen molar-refractivity contribution < 1.29 is 14.6 Å². The van der Waals surface area contributed by atoms with Crippen molar-refractivity contribution in [3.63, 3.8) is 0 Å². The molecule has 1 atom stereocenters. The molecule has 112 valence electrons. The second-order valence-corrected chi connectivity index (χ2v) is 4.68. The smallest absolute Gasteiger partial charge is 0.328 e. The molecule has 0 amide bonds. The summed E-state index contributed by atoms with van der Waals surface area (Å²) in [4.78, 5) is 14.3. The molecule has 0 spiro atoms. The van der Waals surface area contributed by atoms with Crippen LogP contribution in [-0.2, 0) is 9.53 Å². The number of aliphatic hydroxyl groups is 1. The monoisotopic (exact) mass is 279 g/mol. The van der Waals surface area contributed by atoms with Crippen LogP contribution in [-0.4, -0.2) is 42.3 Å². The van der Waals surface area contributed by atoms with Crippen LogP contribution in [0.1, 0.15) is 38.3 Å². The molecule has 4 nitrogen and oxygen atoms in total. The van der Waals surface area contributed by atoms with Crippen LogP contribution in [0.5, 0.6) is 0 Å². The van der Waals surface area contributed by atoms with Gasteiger partial charge in [-0.1, -0.05) is 43.7 Å². The number of unbranched alkanes of at least 4 members (excludes halogenated alkanes) is 1. The Bertz CT molecular complexity index is 381. The van der Waals surface area contributed by atoms with Crippen molar-refractivity contribution >= 4 is 5.97 Å². The number of carbonyl (C=O) groups is 1. The normalized spacial score (nSPS) is 12.4. The maximum absolute atomic E-state index is 12.3. The van der Waals surface area contributed by atoms with Gasteiger partial charge in [-0.05, 0) is 25.5 Å². The van der Waals surface area contributed by atoms with Gasteiger partial charge in [0.1, 0.15) is 6.04 Å². The molecule has 0 aliphatic carbocycles. The molecule has 1 N–H and O–H groups in total. The van der Waals surface area contributed by atoms with Crippen LogP contribution in [0.2, 0.25) is 0 Å². The Hall–Kier alpha value is -1.39. The minimum Gasteiger partial charge on any atom is -0.465 e. The fourth-order valence-corrected chi connectivity index (χ4v) is 2.21. The van der Waals surface area contributed by atoms with E-state index in [-0.39, 0.29) is 12.6 Å². The summed E-state index contributed by atoms with van der Waals surface area (Å²) >= 11 is 0. The molecule has 1 unspecified atom stereocenters. The number of hydrogen-bond donors (Lipinski definition) is 1. The second-order valence-electron chi connectivity index (χ2n) is 4.68. The first kappa shape index (κ1) is 16.7. The average molecular weight is 279 g/mol. The maximum Gasteiger partial charge on any atom is 0.328 e. The molecule has 0 radical (unpaired) electrons. The minimum absolute atomic E-state index is 0.0342. The summed E-state index contributed by atoms with van der Waals surface area (Å²) < 4.78 is 5.20. The largest absolute Gasteiger partial charge is 0.465 e. The zero-order valence-corrected chi connectivity index (χ0v) is 12.4. The number of esters is 1. The predicted molar refractivity (Wildman–Crippen MR) is 79.4 cm³/mol. The van der Waals surface area contributed by atoms with E-state index >= 15 is 0 Å². The third-order valence-corrected chi connectivity index (χ3v) is 3.18. The molecular weight excluding hydrogens is 254 g/mol. The highest BCUT2D eigenvalue weighted by Crippen LogP contribution is 2.22. The molecule has 0 aromatic heterocycles. The number of benzene rings is 1. The lowest BCUT2D eigenvalue weighted by Crippen LogP contribution is -2.37. The van der Waals surface area contributed by atoms with Gasteiger partial charge < -0.3 is 9.84 Å². The van der Waals surface area contributed by atoms with Gasteiger partial charge in [-0.15, -0.1) is 0 Å².